The van der Waals surface area contributed by atoms with E-state index in [1.807, 2.05) is 21.8 Å². The molecule has 0 radical (unpaired) electrons. The topological polar surface area (TPSA) is 12.5 Å². The van der Waals surface area contributed by atoms with E-state index in [0.717, 1.165) is 12.6 Å². The third-order valence-electron chi connectivity index (χ3n) is 3.87. The summed E-state index contributed by atoms with van der Waals surface area (Å²) in [4.78, 5) is 0. The molecule has 1 unspecified atom stereocenters. The third kappa shape index (κ3) is 7.41. The van der Waals surface area contributed by atoms with Crippen LogP contribution in [0.5, 0.6) is 0 Å². The highest BCUT2D eigenvalue weighted by atomic mass is 33.1. The van der Waals surface area contributed by atoms with Crippen molar-refractivity contribution in [2.75, 3.05) is 19.4 Å². The SMILES string of the molecule is CCOC(CCSSN(C)C1CCCCC1)[SiH](C)C. The molecule has 0 amide bonds. The molecular weight excluding hydrogens is 290 g/mol. The Hall–Kier alpha value is 0.837. The molecule has 0 N–H and O–H groups in total. The largest absolute Gasteiger partial charge is 0.382 e. The van der Waals surface area contributed by atoms with Crippen LogP contribution in [0.25, 0.3) is 0 Å². The Morgan fingerprint density at radius 1 is 1.26 bits per heavy atom. The Morgan fingerprint density at radius 2 is 1.95 bits per heavy atom. The first-order chi connectivity index (χ1) is 9.15. The van der Waals surface area contributed by atoms with Crippen LogP contribution in [0.4, 0.5) is 0 Å². The predicted molar refractivity (Wildman–Crippen MR) is 93.6 cm³/mol. The van der Waals surface area contributed by atoms with E-state index < -0.39 is 8.80 Å². The van der Waals surface area contributed by atoms with Crippen LogP contribution >= 0.6 is 21.8 Å². The fraction of sp³-hybridized carbons (Fsp3) is 1.00. The van der Waals surface area contributed by atoms with E-state index in [1.54, 1.807) is 0 Å². The summed E-state index contributed by atoms with van der Waals surface area (Å²) in [5, 5.41) is 0. The molecule has 0 aromatic carbocycles. The van der Waals surface area contributed by atoms with Gasteiger partial charge in [0.05, 0.1) is 8.80 Å². The first-order valence-corrected chi connectivity index (χ1v) is 13.0. The molecule has 0 bridgehead atoms. The summed E-state index contributed by atoms with van der Waals surface area (Å²) in [6.07, 6.45) is 8.30. The van der Waals surface area contributed by atoms with Gasteiger partial charge in [-0.15, -0.1) is 0 Å². The van der Waals surface area contributed by atoms with Crippen LogP contribution in [-0.4, -0.2) is 44.3 Å². The Morgan fingerprint density at radius 3 is 2.53 bits per heavy atom. The van der Waals surface area contributed by atoms with Crippen LogP contribution < -0.4 is 0 Å². The smallest absolute Gasteiger partial charge is 0.0656 e. The third-order valence-corrected chi connectivity index (χ3v) is 8.44. The maximum absolute atomic E-state index is 5.85. The van der Waals surface area contributed by atoms with E-state index in [1.165, 1.54) is 44.3 Å². The van der Waals surface area contributed by atoms with Crippen LogP contribution in [0, 0.1) is 0 Å². The molecule has 1 fully saturated rings. The molecule has 0 spiro atoms. The van der Waals surface area contributed by atoms with Crippen LogP contribution in [0.1, 0.15) is 45.4 Å². The summed E-state index contributed by atoms with van der Waals surface area (Å²) in [5.74, 6) is 1.22. The fourth-order valence-electron chi connectivity index (χ4n) is 2.61. The van der Waals surface area contributed by atoms with Crippen LogP contribution in [-0.2, 0) is 4.74 Å². The van der Waals surface area contributed by atoms with Crippen molar-refractivity contribution in [2.45, 2.75) is 70.3 Å². The molecule has 2 nitrogen and oxygen atoms in total. The molecule has 1 aliphatic carbocycles. The van der Waals surface area contributed by atoms with Crippen molar-refractivity contribution in [3.05, 3.63) is 0 Å². The molecule has 1 aliphatic rings. The highest BCUT2D eigenvalue weighted by Crippen LogP contribution is 2.32. The fourth-order valence-corrected chi connectivity index (χ4v) is 6.54. The number of hydrogen-bond acceptors (Lipinski definition) is 4. The Kier molecular flexibility index (Phi) is 9.93. The van der Waals surface area contributed by atoms with Crippen molar-refractivity contribution in [3.8, 4) is 0 Å². The summed E-state index contributed by atoms with van der Waals surface area (Å²) in [7, 11) is 5.59. The highest BCUT2D eigenvalue weighted by Gasteiger charge is 2.19. The second-order valence-corrected chi connectivity index (χ2v) is 11.5. The van der Waals surface area contributed by atoms with Crippen molar-refractivity contribution in [3.63, 3.8) is 0 Å². The van der Waals surface area contributed by atoms with Crippen molar-refractivity contribution in [1.82, 2.24) is 4.31 Å². The van der Waals surface area contributed by atoms with E-state index in [2.05, 4.69) is 31.4 Å². The van der Waals surface area contributed by atoms with Gasteiger partial charge < -0.3 is 4.74 Å². The molecule has 1 rings (SSSR count). The minimum atomic E-state index is -0.657. The van der Waals surface area contributed by atoms with Crippen molar-refractivity contribution in [2.24, 2.45) is 0 Å². The Balaban J connectivity index is 2.11. The summed E-state index contributed by atoms with van der Waals surface area (Å²) >= 11 is 0. The summed E-state index contributed by atoms with van der Waals surface area (Å²) in [6, 6.07) is 0.813. The molecule has 1 atom stereocenters. The van der Waals surface area contributed by atoms with Gasteiger partial charge >= 0.3 is 0 Å². The average Bonchev–Trinajstić information content (AvgIpc) is 2.42. The molecule has 0 heterocycles. The molecule has 1 saturated carbocycles. The van der Waals surface area contributed by atoms with Gasteiger partial charge in [-0.2, -0.15) is 0 Å². The lowest BCUT2D eigenvalue weighted by atomic mass is 9.96. The van der Waals surface area contributed by atoms with E-state index in [-0.39, 0.29) is 0 Å². The van der Waals surface area contributed by atoms with Crippen LogP contribution in [0.2, 0.25) is 13.1 Å². The quantitative estimate of drug-likeness (QED) is 0.270. The lowest BCUT2D eigenvalue weighted by Gasteiger charge is -2.29. The van der Waals surface area contributed by atoms with Gasteiger partial charge in [-0.1, -0.05) is 43.2 Å². The maximum atomic E-state index is 5.85. The molecule has 0 saturated heterocycles. The van der Waals surface area contributed by atoms with Crippen molar-refractivity contribution in [1.29, 1.82) is 0 Å². The zero-order valence-corrected chi connectivity index (χ0v) is 15.8. The Labute approximate surface area is 129 Å². The zero-order chi connectivity index (χ0) is 14.1. The van der Waals surface area contributed by atoms with Gasteiger partial charge in [0.2, 0.25) is 0 Å². The standard InChI is InChI=1S/C14H31NOS2Si/c1-5-16-14(19(3)4)11-12-17-18-15(2)13-9-7-6-8-10-13/h13-14,19H,5-12H2,1-4H3. The van der Waals surface area contributed by atoms with Gasteiger partial charge in [-0.25, -0.2) is 4.31 Å². The van der Waals surface area contributed by atoms with Crippen LogP contribution in [0.15, 0.2) is 0 Å². The highest BCUT2D eigenvalue weighted by molar-refractivity contribution is 8.75. The number of hydrogen-bond donors (Lipinski definition) is 0. The molecule has 0 aromatic rings. The summed E-state index contributed by atoms with van der Waals surface area (Å²) in [5.41, 5.74) is 0.568. The number of nitrogens with zero attached hydrogens (tertiary/aromatic N) is 1. The van der Waals surface area contributed by atoms with Gasteiger partial charge in [0.25, 0.3) is 0 Å². The molecule has 0 aliphatic heterocycles. The minimum Gasteiger partial charge on any atom is -0.382 e. The predicted octanol–water partition coefficient (Wildman–Crippen LogP) is 4.37. The lowest BCUT2D eigenvalue weighted by Crippen LogP contribution is -2.29. The first-order valence-electron chi connectivity index (χ1n) is 7.79. The van der Waals surface area contributed by atoms with Gasteiger partial charge in [0.1, 0.15) is 0 Å². The van der Waals surface area contributed by atoms with E-state index in [9.17, 15) is 0 Å². The van der Waals surface area contributed by atoms with Gasteiger partial charge in [-0.05, 0) is 44.2 Å². The Bertz CT molecular complexity index is 225. The normalized spacial score (nSPS) is 19.3. The molecule has 5 heteroatoms. The zero-order valence-electron chi connectivity index (χ0n) is 13.1. The first kappa shape index (κ1) is 17.9. The minimum absolute atomic E-state index is 0.568. The second-order valence-electron chi connectivity index (χ2n) is 5.76. The van der Waals surface area contributed by atoms with E-state index in [4.69, 9.17) is 4.74 Å². The van der Waals surface area contributed by atoms with Gasteiger partial charge in [0.15, 0.2) is 0 Å². The molecule has 19 heavy (non-hydrogen) atoms. The molecular formula is C14H31NOS2Si. The molecule has 0 aromatic heterocycles. The average molecular weight is 322 g/mol. The maximum Gasteiger partial charge on any atom is 0.0656 e. The van der Waals surface area contributed by atoms with E-state index >= 15 is 0 Å². The monoisotopic (exact) mass is 321 g/mol. The van der Waals surface area contributed by atoms with Crippen molar-refractivity contribution < 1.29 is 4.74 Å². The second kappa shape index (κ2) is 10.5. The van der Waals surface area contributed by atoms with Crippen LogP contribution in [0.3, 0.4) is 0 Å². The summed E-state index contributed by atoms with van der Waals surface area (Å²) in [6.45, 7) is 7.77. The molecule has 114 valence electrons. The van der Waals surface area contributed by atoms with Crippen molar-refractivity contribution >= 4 is 30.6 Å². The number of rotatable bonds is 9. The van der Waals surface area contributed by atoms with Gasteiger partial charge in [-0.3, -0.25) is 0 Å². The summed E-state index contributed by atoms with van der Waals surface area (Å²) < 4.78 is 8.34. The van der Waals surface area contributed by atoms with E-state index in [0.29, 0.717) is 5.73 Å². The number of ether oxygens (including phenoxy) is 1. The lowest BCUT2D eigenvalue weighted by molar-refractivity contribution is 0.113. The van der Waals surface area contributed by atoms with Gasteiger partial charge in [0, 0.05) is 24.1 Å².